The molecule has 1 aromatic rings. The van der Waals surface area contributed by atoms with Gasteiger partial charge in [0.1, 0.15) is 5.78 Å². The molecule has 4 unspecified atom stereocenters. The molecule has 0 radical (unpaired) electrons. The molecule has 20 heavy (non-hydrogen) atoms. The summed E-state index contributed by atoms with van der Waals surface area (Å²) >= 11 is 0. The predicted molar refractivity (Wildman–Crippen MR) is 81.8 cm³/mol. The molecule has 2 bridgehead atoms. The molecular formula is C18H25NO. The standard InChI is InChI=1S/C18H25NO/c1-3-17(20)18-15(14-7-4-12(2)5-8-14)10-13-6-9-16(18)19-11-13/h4-5,7-8,13,15-16,18-19H,3,6,9-11H2,1-2H3. The van der Waals surface area contributed by atoms with Gasteiger partial charge in [-0.2, -0.15) is 0 Å². The predicted octanol–water partition coefficient (Wildman–Crippen LogP) is 3.45. The van der Waals surface area contributed by atoms with E-state index >= 15 is 0 Å². The highest BCUT2D eigenvalue weighted by Gasteiger charge is 2.41. The van der Waals surface area contributed by atoms with Crippen molar-refractivity contribution in [3.63, 3.8) is 0 Å². The van der Waals surface area contributed by atoms with Crippen LogP contribution in [0.3, 0.4) is 0 Å². The summed E-state index contributed by atoms with van der Waals surface area (Å²) in [5.74, 6) is 1.77. The second kappa shape index (κ2) is 5.69. The minimum Gasteiger partial charge on any atom is -0.313 e. The molecule has 4 atom stereocenters. The van der Waals surface area contributed by atoms with E-state index in [1.165, 1.54) is 30.4 Å². The monoisotopic (exact) mass is 271 g/mol. The molecule has 2 saturated heterocycles. The molecule has 0 aromatic heterocycles. The van der Waals surface area contributed by atoms with Crippen molar-refractivity contribution in [2.45, 2.75) is 51.5 Å². The van der Waals surface area contributed by atoms with E-state index in [1.54, 1.807) is 0 Å². The van der Waals surface area contributed by atoms with Gasteiger partial charge in [0.25, 0.3) is 0 Å². The molecule has 2 heteroatoms. The van der Waals surface area contributed by atoms with E-state index in [4.69, 9.17) is 0 Å². The van der Waals surface area contributed by atoms with Crippen LogP contribution in [0.25, 0.3) is 0 Å². The van der Waals surface area contributed by atoms with E-state index in [0.29, 0.717) is 24.2 Å². The fourth-order valence-corrected chi connectivity index (χ4v) is 4.07. The van der Waals surface area contributed by atoms with Crippen molar-refractivity contribution in [3.05, 3.63) is 35.4 Å². The van der Waals surface area contributed by atoms with Crippen LogP contribution in [-0.4, -0.2) is 18.4 Å². The number of carbonyl (C=O) groups excluding carboxylic acids is 1. The SMILES string of the molecule is CCC(=O)C1C2CCC(CN2)CC1c1ccc(C)cc1. The van der Waals surface area contributed by atoms with Gasteiger partial charge in [0.15, 0.2) is 0 Å². The number of nitrogens with one attached hydrogen (secondary N) is 1. The molecule has 1 aliphatic carbocycles. The first kappa shape index (κ1) is 13.8. The molecule has 108 valence electrons. The quantitative estimate of drug-likeness (QED) is 0.912. The topological polar surface area (TPSA) is 29.1 Å². The zero-order valence-electron chi connectivity index (χ0n) is 12.6. The van der Waals surface area contributed by atoms with Gasteiger partial charge in [-0.05, 0) is 50.1 Å². The van der Waals surface area contributed by atoms with Gasteiger partial charge >= 0.3 is 0 Å². The summed E-state index contributed by atoms with van der Waals surface area (Å²) in [6.07, 6.45) is 4.29. The van der Waals surface area contributed by atoms with Crippen LogP contribution in [0.1, 0.15) is 49.7 Å². The summed E-state index contributed by atoms with van der Waals surface area (Å²) in [6.45, 7) is 5.23. The van der Waals surface area contributed by atoms with Crippen LogP contribution in [0.5, 0.6) is 0 Å². The fourth-order valence-electron chi connectivity index (χ4n) is 4.07. The number of rotatable bonds is 3. The van der Waals surface area contributed by atoms with Crippen LogP contribution < -0.4 is 5.32 Å². The highest BCUT2D eigenvalue weighted by molar-refractivity contribution is 5.82. The second-order valence-electron chi connectivity index (χ2n) is 6.56. The first-order valence-corrected chi connectivity index (χ1v) is 8.01. The number of Topliss-reactive ketones (excluding diaryl/α,β-unsaturated/α-hetero) is 1. The molecular weight excluding hydrogens is 246 g/mol. The van der Waals surface area contributed by atoms with E-state index in [1.807, 2.05) is 6.92 Å². The van der Waals surface area contributed by atoms with Gasteiger partial charge < -0.3 is 5.32 Å². The Balaban J connectivity index is 1.96. The van der Waals surface area contributed by atoms with Crippen molar-refractivity contribution in [2.75, 3.05) is 6.54 Å². The van der Waals surface area contributed by atoms with Crippen LogP contribution in [0, 0.1) is 18.8 Å². The lowest BCUT2D eigenvalue weighted by atomic mass is 9.77. The van der Waals surface area contributed by atoms with Gasteiger partial charge in [-0.25, -0.2) is 0 Å². The summed E-state index contributed by atoms with van der Waals surface area (Å²) < 4.78 is 0. The van der Waals surface area contributed by atoms with Gasteiger partial charge in [-0.15, -0.1) is 0 Å². The molecule has 1 saturated carbocycles. The van der Waals surface area contributed by atoms with Crippen molar-refractivity contribution in [1.82, 2.24) is 5.32 Å². The molecule has 3 aliphatic rings. The number of carbonyl (C=O) groups is 1. The molecule has 1 aromatic carbocycles. The smallest absolute Gasteiger partial charge is 0.137 e. The van der Waals surface area contributed by atoms with Crippen LogP contribution >= 0.6 is 0 Å². The molecule has 2 nitrogen and oxygen atoms in total. The maximum atomic E-state index is 12.5. The van der Waals surface area contributed by atoms with Crippen molar-refractivity contribution < 1.29 is 4.79 Å². The summed E-state index contributed by atoms with van der Waals surface area (Å²) in [5, 5.41) is 3.64. The van der Waals surface area contributed by atoms with Gasteiger partial charge in [-0.3, -0.25) is 4.79 Å². The Hall–Kier alpha value is -1.15. The third kappa shape index (κ3) is 2.54. The van der Waals surface area contributed by atoms with Crippen LogP contribution in [0.2, 0.25) is 0 Å². The van der Waals surface area contributed by atoms with Crippen LogP contribution in [-0.2, 0) is 4.79 Å². The van der Waals surface area contributed by atoms with Crippen molar-refractivity contribution >= 4 is 5.78 Å². The molecule has 2 aliphatic heterocycles. The molecule has 4 rings (SSSR count). The van der Waals surface area contributed by atoms with E-state index in [-0.39, 0.29) is 5.92 Å². The minimum absolute atomic E-state index is 0.176. The van der Waals surface area contributed by atoms with E-state index in [9.17, 15) is 4.79 Å². The Bertz CT molecular complexity index is 471. The highest BCUT2D eigenvalue weighted by Crippen LogP contribution is 2.42. The third-order valence-electron chi connectivity index (χ3n) is 5.23. The lowest BCUT2D eigenvalue weighted by molar-refractivity contribution is -0.124. The van der Waals surface area contributed by atoms with E-state index in [2.05, 4.69) is 36.5 Å². The number of benzene rings is 1. The lowest BCUT2D eigenvalue weighted by Gasteiger charge is -2.30. The average molecular weight is 271 g/mol. The Morgan fingerprint density at radius 1 is 1.25 bits per heavy atom. The number of aryl methyl sites for hydroxylation is 1. The lowest BCUT2D eigenvalue weighted by Crippen LogP contribution is -2.43. The van der Waals surface area contributed by atoms with Crippen LogP contribution in [0.4, 0.5) is 0 Å². The first-order chi connectivity index (χ1) is 9.69. The summed E-state index contributed by atoms with van der Waals surface area (Å²) in [5.41, 5.74) is 2.66. The number of hydrogen-bond acceptors (Lipinski definition) is 2. The number of ketones is 1. The van der Waals surface area contributed by atoms with Crippen LogP contribution in [0.15, 0.2) is 24.3 Å². The largest absolute Gasteiger partial charge is 0.313 e. The highest BCUT2D eigenvalue weighted by atomic mass is 16.1. The summed E-state index contributed by atoms with van der Waals surface area (Å²) in [6, 6.07) is 9.24. The Morgan fingerprint density at radius 3 is 2.60 bits per heavy atom. The zero-order chi connectivity index (χ0) is 14.1. The summed E-state index contributed by atoms with van der Waals surface area (Å²) in [4.78, 5) is 12.5. The molecule has 1 N–H and O–H groups in total. The molecule has 0 spiro atoms. The van der Waals surface area contributed by atoms with Crippen molar-refractivity contribution in [2.24, 2.45) is 11.8 Å². The fraction of sp³-hybridized carbons (Fsp3) is 0.611. The van der Waals surface area contributed by atoms with Gasteiger partial charge in [0, 0.05) is 18.4 Å². The minimum atomic E-state index is 0.176. The number of hydrogen-bond donors (Lipinski definition) is 1. The molecule has 3 fully saturated rings. The Kier molecular flexibility index (Phi) is 3.93. The maximum Gasteiger partial charge on any atom is 0.137 e. The normalized spacial score (nSPS) is 32.9. The van der Waals surface area contributed by atoms with Gasteiger partial charge in [-0.1, -0.05) is 36.8 Å². The average Bonchev–Trinajstić information content (AvgIpc) is 2.77. The Labute approximate surface area is 122 Å². The van der Waals surface area contributed by atoms with E-state index in [0.717, 1.165) is 12.5 Å². The number of piperidine rings is 1. The molecule has 0 amide bonds. The second-order valence-corrected chi connectivity index (χ2v) is 6.56. The summed E-state index contributed by atoms with van der Waals surface area (Å²) in [7, 11) is 0. The Morgan fingerprint density at radius 2 is 2.00 bits per heavy atom. The van der Waals surface area contributed by atoms with Crippen molar-refractivity contribution in [3.8, 4) is 0 Å². The van der Waals surface area contributed by atoms with Gasteiger partial charge in [0.2, 0.25) is 0 Å². The maximum absolute atomic E-state index is 12.5. The van der Waals surface area contributed by atoms with E-state index < -0.39 is 0 Å². The van der Waals surface area contributed by atoms with Crippen molar-refractivity contribution in [1.29, 1.82) is 0 Å². The first-order valence-electron chi connectivity index (χ1n) is 8.01. The zero-order valence-corrected chi connectivity index (χ0v) is 12.6. The molecule has 2 heterocycles. The number of fused-ring (bicyclic) bond motifs is 4. The van der Waals surface area contributed by atoms with Gasteiger partial charge in [0.05, 0.1) is 0 Å². The third-order valence-corrected chi connectivity index (χ3v) is 5.23.